The third-order valence-electron chi connectivity index (χ3n) is 2.20. The van der Waals surface area contributed by atoms with E-state index in [0.29, 0.717) is 0 Å². The smallest absolute Gasteiger partial charge is 0.183 e. The second-order valence-corrected chi connectivity index (χ2v) is 8.98. The van der Waals surface area contributed by atoms with E-state index in [2.05, 4.69) is 33.5 Å². The molecular formula is C9H23NOSi. The first-order chi connectivity index (χ1) is 5.33. The molecule has 0 saturated heterocycles. The summed E-state index contributed by atoms with van der Waals surface area (Å²) in [4.78, 5) is 0. The lowest BCUT2D eigenvalue weighted by molar-refractivity contribution is 0.201. The quantitative estimate of drug-likeness (QED) is 0.674. The van der Waals surface area contributed by atoms with Crippen molar-refractivity contribution in [3.63, 3.8) is 0 Å². The number of nitrogens with two attached hydrogens (primary N) is 1. The van der Waals surface area contributed by atoms with Crippen LogP contribution in [0.3, 0.4) is 0 Å². The Balaban J connectivity index is 3.89. The first-order valence-electron chi connectivity index (χ1n) is 4.76. The molecule has 0 saturated carbocycles. The lowest BCUT2D eigenvalue weighted by atomic mass is 9.96. The van der Waals surface area contributed by atoms with Gasteiger partial charge in [0.2, 0.25) is 0 Å². The molecule has 0 bridgehead atoms. The van der Waals surface area contributed by atoms with Crippen molar-refractivity contribution in [2.45, 2.75) is 51.9 Å². The van der Waals surface area contributed by atoms with Crippen molar-refractivity contribution in [1.82, 2.24) is 0 Å². The SMILES string of the molecule is CCC(N)(CC)CO[Si](C)(C)C. The van der Waals surface area contributed by atoms with E-state index in [1.165, 1.54) is 0 Å². The Kier molecular flexibility index (Phi) is 4.44. The van der Waals surface area contributed by atoms with Gasteiger partial charge in [-0.1, -0.05) is 13.8 Å². The van der Waals surface area contributed by atoms with Crippen LogP contribution in [0.1, 0.15) is 26.7 Å². The second kappa shape index (κ2) is 4.39. The summed E-state index contributed by atoms with van der Waals surface area (Å²) >= 11 is 0. The third-order valence-corrected chi connectivity index (χ3v) is 3.21. The molecular weight excluding hydrogens is 166 g/mol. The predicted octanol–water partition coefficient (Wildman–Crippen LogP) is 2.36. The lowest BCUT2D eigenvalue weighted by Crippen LogP contribution is -2.46. The minimum Gasteiger partial charge on any atom is -0.416 e. The van der Waals surface area contributed by atoms with Gasteiger partial charge in [0.25, 0.3) is 0 Å². The van der Waals surface area contributed by atoms with Crippen molar-refractivity contribution in [1.29, 1.82) is 0 Å². The molecule has 0 spiro atoms. The summed E-state index contributed by atoms with van der Waals surface area (Å²) in [5.74, 6) is 0. The number of hydrogen-bond donors (Lipinski definition) is 1. The Labute approximate surface area is 77.6 Å². The van der Waals surface area contributed by atoms with Crippen LogP contribution in [0.25, 0.3) is 0 Å². The van der Waals surface area contributed by atoms with Crippen molar-refractivity contribution >= 4 is 8.32 Å². The van der Waals surface area contributed by atoms with Gasteiger partial charge in [-0.25, -0.2) is 0 Å². The van der Waals surface area contributed by atoms with Crippen LogP contribution in [-0.4, -0.2) is 20.5 Å². The predicted molar refractivity (Wildman–Crippen MR) is 56.8 cm³/mol. The van der Waals surface area contributed by atoms with Gasteiger partial charge in [0.1, 0.15) is 0 Å². The second-order valence-electron chi connectivity index (χ2n) is 4.47. The molecule has 0 aromatic rings. The van der Waals surface area contributed by atoms with E-state index in [-0.39, 0.29) is 5.54 Å². The van der Waals surface area contributed by atoms with Gasteiger partial charge in [0.15, 0.2) is 8.32 Å². The normalized spacial score (nSPS) is 13.5. The minimum atomic E-state index is -1.38. The molecule has 2 N–H and O–H groups in total. The highest BCUT2D eigenvalue weighted by Gasteiger charge is 2.24. The van der Waals surface area contributed by atoms with Crippen LogP contribution < -0.4 is 5.73 Å². The number of rotatable bonds is 5. The number of hydrogen-bond acceptors (Lipinski definition) is 2. The largest absolute Gasteiger partial charge is 0.416 e. The Morgan fingerprint density at radius 3 is 1.83 bits per heavy atom. The van der Waals surface area contributed by atoms with Gasteiger partial charge in [-0.3, -0.25) is 0 Å². The third kappa shape index (κ3) is 4.90. The Hall–Kier alpha value is 0.137. The molecule has 74 valence electrons. The van der Waals surface area contributed by atoms with E-state index < -0.39 is 8.32 Å². The van der Waals surface area contributed by atoms with Crippen LogP contribution in [0.4, 0.5) is 0 Å². The molecule has 0 fully saturated rings. The maximum atomic E-state index is 6.10. The van der Waals surface area contributed by atoms with Crippen LogP contribution in [0.5, 0.6) is 0 Å². The fourth-order valence-electron chi connectivity index (χ4n) is 0.814. The molecule has 0 heterocycles. The maximum Gasteiger partial charge on any atom is 0.183 e. The van der Waals surface area contributed by atoms with Gasteiger partial charge in [0, 0.05) is 5.54 Å². The molecule has 3 heteroatoms. The summed E-state index contributed by atoms with van der Waals surface area (Å²) in [6, 6.07) is 0. The highest BCUT2D eigenvalue weighted by Crippen LogP contribution is 2.14. The van der Waals surface area contributed by atoms with Crippen LogP contribution in [0.2, 0.25) is 19.6 Å². The molecule has 0 unspecified atom stereocenters. The molecule has 0 radical (unpaired) electrons. The van der Waals surface area contributed by atoms with E-state index in [1.54, 1.807) is 0 Å². The highest BCUT2D eigenvalue weighted by molar-refractivity contribution is 6.69. The molecule has 0 rings (SSSR count). The van der Waals surface area contributed by atoms with Gasteiger partial charge in [-0.15, -0.1) is 0 Å². The van der Waals surface area contributed by atoms with Gasteiger partial charge in [0.05, 0.1) is 6.61 Å². The van der Waals surface area contributed by atoms with Gasteiger partial charge in [-0.2, -0.15) is 0 Å². The van der Waals surface area contributed by atoms with Crippen molar-refractivity contribution in [3.8, 4) is 0 Å². The van der Waals surface area contributed by atoms with Crippen molar-refractivity contribution < 1.29 is 4.43 Å². The van der Waals surface area contributed by atoms with Gasteiger partial charge < -0.3 is 10.2 Å². The van der Waals surface area contributed by atoms with Crippen molar-refractivity contribution in [2.24, 2.45) is 5.73 Å². The molecule has 0 aliphatic carbocycles. The van der Waals surface area contributed by atoms with Crippen LogP contribution in [0, 0.1) is 0 Å². The molecule has 0 aliphatic heterocycles. The summed E-state index contributed by atoms with van der Waals surface area (Å²) in [7, 11) is -1.38. The molecule has 0 amide bonds. The molecule has 0 atom stereocenters. The molecule has 0 aliphatic rings. The summed E-state index contributed by atoms with van der Waals surface area (Å²) < 4.78 is 5.79. The van der Waals surface area contributed by atoms with Crippen LogP contribution in [0.15, 0.2) is 0 Å². The fraction of sp³-hybridized carbons (Fsp3) is 1.00. The zero-order chi connectivity index (χ0) is 9.83. The topological polar surface area (TPSA) is 35.2 Å². The van der Waals surface area contributed by atoms with E-state index >= 15 is 0 Å². The monoisotopic (exact) mass is 189 g/mol. The standard InChI is InChI=1S/C9H23NOSi/c1-6-9(10,7-2)8-11-12(3,4)5/h6-8,10H2,1-5H3. The summed E-state index contributed by atoms with van der Waals surface area (Å²) in [5.41, 5.74) is 6.00. The molecule has 2 nitrogen and oxygen atoms in total. The van der Waals surface area contributed by atoms with Crippen molar-refractivity contribution in [3.05, 3.63) is 0 Å². The fourth-order valence-corrected chi connectivity index (χ4v) is 1.53. The Morgan fingerprint density at radius 1 is 1.17 bits per heavy atom. The Bertz CT molecular complexity index is 127. The van der Waals surface area contributed by atoms with Crippen LogP contribution in [-0.2, 0) is 4.43 Å². The summed E-state index contributed by atoms with van der Waals surface area (Å²) in [6.45, 7) is 11.5. The first-order valence-corrected chi connectivity index (χ1v) is 8.16. The average Bonchev–Trinajstić information content (AvgIpc) is 1.99. The van der Waals surface area contributed by atoms with E-state index in [1.807, 2.05) is 0 Å². The van der Waals surface area contributed by atoms with E-state index in [9.17, 15) is 0 Å². The maximum absolute atomic E-state index is 6.10. The summed E-state index contributed by atoms with van der Waals surface area (Å²) in [6.07, 6.45) is 1.99. The zero-order valence-electron chi connectivity index (χ0n) is 9.11. The van der Waals surface area contributed by atoms with Gasteiger partial charge >= 0.3 is 0 Å². The first kappa shape index (κ1) is 12.1. The Morgan fingerprint density at radius 2 is 1.58 bits per heavy atom. The highest BCUT2D eigenvalue weighted by atomic mass is 28.4. The van der Waals surface area contributed by atoms with E-state index in [0.717, 1.165) is 19.4 Å². The molecule has 0 aromatic carbocycles. The van der Waals surface area contributed by atoms with Crippen molar-refractivity contribution in [2.75, 3.05) is 6.61 Å². The molecule has 0 aromatic heterocycles. The average molecular weight is 189 g/mol. The lowest BCUT2D eigenvalue weighted by Gasteiger charge is -2.30. The zero-order valence-corrected chi connectivity index (χ0v) is 10.1. The minimum absolute atomic E-state index is 0.0969. The van der Waals surface area contributed by atoms with Gasteiger partial charge in [-0.05, 0) is 32.5 Å². The van der Waals surface area contributed by atoms with Crippen LogP contribution >= 0.6 is 0 Å². The summed E-state index contributed by atoms with van der Waals surface area (Å²) in [5, 5.41) is 0. The van der Waals surface area contributed by atoms with E-state index in [4.69, 9.17) is 10.2 Å². The molecule has 12 heavy (non-hydrogen) atoms.